The van der Waals surface area contributed by atoms with E-state index in [1.165, 1.54) is 11.8 Å². The first-order valence-corrected chi connectivity index (χ1v) is 8.67. The normalized spacial score (nSPS) is 33.4. The molecule has 3 heterocycles. The van der Waals surface area contributed by atoms with Gasteiger partial charge in [0, 0.05) is 38.0 Å². The molecular weight excluding hydrogens is 335 g/mol. The lowest BCUT2D eigenvalue weighted by molar-refractivity contribution is -0.147. The van der Waals surface area contributed by atoms with E-state index in [2.05, 4.69) is 5.32 Å². The molecule has 3 aliphatic heterocycles. The molecule has 0 aromatic rings. The lowest BCUT2D eigenvalue weighted by atomic mass is 9.97. The second kappa shape index (κ2) is 7.09. The SMILES string of the molecule is C/C=C(\C=C1/C(C)N2CCNC[C@@H]2C(=O)N1CC1CCO1)C(F)(F)F. The third-order valence-electron chi connectivity index (χ3n) is 5.19. The van der Waals surface area contributed by atoms with E-state index in [9.17, 15) is 18.0 Å². The number of nitrogens with zero attached hydrogens (tertiary/aromatic N) is 2. The predicted octanol–water partition coefficient (Wildman–Crippen LogP) is 1.67. The van der Waals surface area contributed by atoms with Gasteiger partial charge in [-0.25, -0.2) is 0 Å². The van der Waals surface area contributed by atoms with E-state index in [0.717, 1.165) is 25.1 Å². The summed E-state index contributed by atoms with van der Waals surface area (Å²) >= 11 is 0. The molecule has 25 heavy (non-hydrogen) atoms. The molecule has 0 spiro atoms. The third kappa shape index (κ3) is 3.61. The molecule has 0 aliphatic carbocycles. The summed E-state index contributed by atoms with van der Waals surface area (Å²) in [7, 11) is 0. The van der Waals surface area contributed by atoms with E-state index in [-0.39, 0.29) is 24.1 Å². The first kappa shape index (κ1) is 18.4. The summed E-state index contributed by atoms with van der Waals surface area (Å²) in [5.74, 6) is -0.148. The van der Waals surface area contributed by atoms with Gasteiger partial charge in [0.2, 0.25) is 5.91 Å². The maximum atomic E-state index is 13.2. The molecule has 1 N–H and O–H groups in total. The summed E-state index contributed by atoms with van der Waals surface area (Å²) in [5.41, 5.74) is -0.320. The highest BCUT2D eigenvalue weighted by atomic mass is 19.4. The molecule has 3 atom stereocenters. The zero-order chi connectivity index (χ0) is 18.2. The quantitative estimate of drug-likeness (QED) is 0.833. The zero-order valence-corrected chi connectivity index (χ0v) is 14.5. The lowest BCUT2D eigenvalue weighted by Crippen LogP contribution is -2.67. The van der Waals surface area contributed by atoms with Crippen molar-refractivity contribution in [3.05, 3.63) is 23.4 Å². The highest BCUT2D eigenvalue weighted by molar-refractivity contribution is 5.85. The van der Waals surface area contributed by atoms with Gasteiger partial charge >= 0.3 is 6.18 Å². The summed E-state index contributed by atoms with van der Waals surface area (Å²) in [6.45, 7) is 6.07. The number of piperazine rings is 2. The van der Waals surface area contributed by atoms with E-state index >= 15 is 0 Å². The number of amides is 1. The van der Waals surface area contributed by atoms with Crippen molar-refractivity contribution >= 4 is 5.91 Å². The fourth-order valence-electron chi connectivity index (χ4n) is 3.63. The number of alkyl halides is 3. The molecule has 0 aromatic carbocycles. The Kier molecular flexibility index (Phi) is 5.22. The van der Waals surface area contributed by atoms with Gasteiger partial charge < -0.3 is 15.0 Å². The van der Waals surface area contributed by atoms with Crippen LogP contribution in [0.2, 0.25) is 0 Å². The summed E-state index contributed by atoms with van der Waals surface area (Å²) in [6.07, 6.45) is -1.54. The fourth-order valence-corrected chi connectivity index (χ4v) is 3.63. The van der Waals surface area contributed by atoms with Crippen molar-refractivity contribution in [1.82, 2.24) is 15.1 Å². The second-order valence-electron chi connectivity index (χ2n) is 6.68. The Morgan fingerprint density at radius 3 is 2.72 bits per heavy atom. The average Bonchev–Trinajstić information content (AvgIpc) is 2.53. The molecule has 8 heteroatoms. The van der Waals surface area contributed by atoms with Gasteiger partial charge in [-0.15, -0.1) is 0 Å². The first-order valence-electron chi connectivity index (χ1n) is 8.67. The minimum Gasteiger partial charge on any atom is -0.376 e. The van der Waals surface area contributed by atoms with E-state index in [4.69, 9.17) is 4.74 Å². The monoisotopic (exact) mass is 359 g/mol. The molecule has 5 nitrogen and oxygen atoms in total. The van der Waals surface area contributed by atoms with Crippen molar-refractivity contribution < 1.29 is 22.7 Å². The molecule has 3 aliphatic rings. The molecule has 0 aromatic heterocycles. The number of ether oxygens (including phenoxy) is 1. The summed E-state index contributed by atoms with van der Waals surface area (Å²) in [6, 6.07) is -0.594. The van der Waals surface area contributed by atoms with Gasteiger partial charge in [0.05, 0.1) is 18.2 Å². The molecule has 0 radical (unpaired) electrons. The van der Waals surface area contributed by atoms with Crippen molar-refractivity contribution in [3.8, 4) is 0 Å². The molecule has 2 unspecified atom stereocenters. The van der Waals surface area contributed by atoms with Crippen molar-refractivity contribution in [2.24, 2.45) is 0 Å². The van der Waals surface area contributed by atoms with Gasteiger partial charge in [0.1, 0.15) is 6.04 Å². The Labute approximate surface area is 145 Å². The summed E-state index contributed by atoms with van der Waals surface area (Å²) in [4.78, 5) is 16.5. The number of allylic oxidation sites excluding steroid dienone is 3. The number of nitrogens with one attached hydrogen (secondary N) is 1. The topological polar surface area (TPSA) is 44.8 Å². The number of carbonyl (C=O) groups is 1. The Bertz CT molecular complexity index is 584. The largest absolute Gasteiger partial charge is 0.416 e. The van der Waals surface area contributed by atoms with Gasteiger partial charge in [-0.05, 0) is 26.3 Å². The summed E-state index contributed by atoms with van der Waals surface area (Å²) in [5, 5.41) is 3.20. The fraction of sp³-hybridized carbons (Fsp3) is 0.706. The highest BCUT2D eigenvalue weighted by Crippen LogP contribution is 2.33. The number of hydrogen-bond acceptors (Lipinski definition) is 4. The van der Waals surface area contributed by atoms with Crippen LogP contribution in [0.5, 0.6) is 0 Å². The Hall–Kier alpha value is -1.38. The van der Waals surface area contributed by atoms with Crippen LogP contribution in [0.4, 0.5) is 13.2 Å². The molecule has 0 bridgehead atoms. The molecule has 3 fully saturated rings. The molecule has 3 saturated heterocycles. The van der Waals surface area contributed by atoms with Crippen LogP contribution in [0.1, 0.15) is 20.3 Å². The average molecular weight is 359 g/mol. The minimum absolute atomic E-state index is 0.0948. The van der Waals surface area contributed by atoms with Crippen LogP contribution in [0.3, 0.4) is 0 Å². The van der Waals surface area contributed by atoms with Crippen LogP contribution in [0.25, 0.3) is 0 Å². The molecule has 1 amide bonds. The second-order valence-corrected chi connectivity index (χ2v) is 6.68. The number of hydrogen-bond donors (Lipinski definition) is 1. The number of carbonyl (C=O) groups excluding carboxylic acids is 1. The first-order chi connectivity index (χ1) is 11.8. The third-order valence-corrected chi connectivity index (χ3v) is 5.19. The van der Waals surface area contributed by atoms with Gasteiger partial charge in [0.25, 0.3) is 0 Å². The number of halogens is 3. The Morgan fingerprint density at radius 1 is 1.44 bits per heavy atom. The van der Waals surface area contributed by atoms with Gasteiger partial charge in [-0.1, -0.05) is 6.08 Å². The predicted molar refractivity (Wildman–Crippen MR) is 86.8 cm³/mol. The highest BCUT2D eigenvalue weighted by Gasteiger charge is 2.45. The smallest absolute Gasteiger partial charge is 0.376 e. The number of fused-ring (bicyclic) bond motifs is 1. The van der Waals surface area contributed by atoms with Crippen LogP contribution in [0.15, 0.2) is 23.4 Å². The zero-order valence-electron chi connectivity index (χ0n) is 14.5. The van der Waals surface area contributed by atoms with Crippen LogP contribution >= 0.6 is 0 Å². The van der Waals surface area contributed by atoms with Crippen LogP contribution in [-0.2, 0) is 9.53 Å². The molecule has 0 saturated carbocycles. The van der Waals surface area contributed by atoms with E-state index in [1.807, 2.05) is 11.8 Å². The van der Waals surface area contributed by atoms with Gasteiger partial charge in [-0.2, -0.15) is 13.2 Å². The van der Waals surface area contributed by atoms with Gasteiger partial charge in [0.15, 0.2) is 0 Å². The lowest BCUT2D eigenvalue weighted by Gasteiger charge is -2.49. The Morgan fingerprint density at radius 2 is 2.16 bits per heavy atom. The van der Waals surface area contributed by atoms with Crippen LogP contribution in [0, 0.1) is 0 Å². The van der Waals surface area contributed by atoms with E-state index in [0.29, 0.717) is 31.9 Å². The molecule has 3 rings (SSSR count). The van der Waals surface area contributed by atoms with E-state index in [1.54, 1.807) is 0 Å². The van der Waals surface area contributed by atoms with Crippen molar-refractivity contribution in [1.29, 1.82) is 0 Å². The summed E-state index contributed by atoms with van der Waals surface area (Å²) < 4.78 is 45.1. The van der Waals surface area contributed by atoms with Gasteiger partial charge in [-0.3, -0.25) is 9.69 Å². The minimum atomic E-state index is -4.44. The van der Waals surface area contributed by atoms with Crippen molar-refractivity contribution in [2.45, 2.75) is 44.6 Å². The maximum absolute atomic E-state index is 13.2. The van der Waals surface area contributed by atoms with Crippen LogP contribution in [-0.4, -0.2) is 72.9 Å². The van der Waals surface area contributed by atoms with E-state index < -0.39 is 11.7 Å². The maximum Gasteiger partial charge on any atom is 0.416 e. The number of rotatable bonds is 3. The van der Waals surface area contributed by atoms with Crippen molar-refractivity contribution in [3.63, 3.8) is 0 Å². The molecular formula is C17H24F3N3O2. The Balaban J connectivity index is 1.95. The van der Waals surface area contributed by atoms with Crippen LogP contribution < -0.4 is 5.32 Å². The van der Waals surface area contributed by atoms with Crippen molar-refractivity contribution in [2.75, 3.05) is 32.8 Å². The molecule has 140 valence electrons. The standard InChI is InChI=1S/C17H24F3N3O2/c1-3-12(17(18,19)20)8-14-11(2)22-6-5-21-9-15(22)16(24)23(14)10-13-4-7-25-13/h3,8,11,13,15,21H,4-7,9-10H2,1-2H3/b12-3+,14-8+/t11?,13?,15-/m1/s1.